The summed E-state index contributed by atoms with van der Waals surface area (Å²) in [5.74, 6) is -0.188. The van der Waals surface area contributed by atoms with Crippen molar-refractivity contribution < 1.29 is 4.39 Å². The molecule has 0 aliphatic heterocycles. The van der Waals surface area contributed by atoms with E-state index in [9.17, 15) is 4.39 Å². The number of hydrogen-bond acceptors (Lipinski definition) is 1. The van der Waals surface area contributed by atoms with Gasteiger partial charge in [-0.25, -0.2) is 4.39 Å². The highest BCUT2D eigenvalue weighted by atomic mass is 19.1. The Morgan fingerprint density at radius 1 is 1.00 bits per heavy atom. The van der Waals surface area contributed by atoms with Crippen LogP contribution in [0.2, 0.25) is 0 Å². The summed E-state index contributed by atoms with van der Waals surface area (Å²) in [7, 11) is 0. The molecule has 16 heavy (non-hydrogen) atoms. The van der Waals surface area contributed by atoms with Gasteiger partial charge in [-0.1, -0.05) is 42.5 Å². The van der Waals surface area contributed by atoms with Gasteiger partial charge in [0.1, 0.15) is 5.82 Å². The molecular weight excluding hydrogens is 201 g/mol. The lowest BCUT2D eigenvalue weighted by molar-refractivity contribution is 0.631. The third kappa shape index (κ3) is 2.28. The maximum atomic E-state index is 13.6. The molecule has 0 aromatic heterocycles. The third-order valence-corrected chi connectivity index (χ3v) is 2.54. The smallest absolute Gasteiger partial charge is 0.131 e. The molecule has 0 amide bonds. The SMILES string of the molecule is NCCc1cccc(-c2ccccc2F)c1. The van der Waals surface area contributed by atoms with E-state index in [1.165, 1.54) is 6.07 Å². The molecule has 1 nitrogen and oxygen atoms in total. The van der Waals surface area contributed by atoms with E-state index in [-0.39, 0.29) is 5.82 Å². The average Bonchev–Trinajstić information content (AvgIpc) is 2.30. The lowest BCUT2D eigenvalue weighted by Gasteiger charge is -2.05. The second kappa shape index (κ2) is 4.90. The molecule has 0 aliphatic rings. The highest BCUT2D eigenvalue weighted by Crippen LogP contribution is 2.23. The first-order valence-corrected chi connectivity index (χ1v) is 5.35. The van der Waals surface area contributed by atoms with E-state index in [2.05, 4.69) is 0 Å². The van der Waals surface area contributed by atoms with Crippen molar-refractivity contribution in [3.63, 3.8) is 0 Å². The first kappa shape index (κ1) is 10.8. The van der Waals surface area contributed by atoms with Crippen molar-refractivity contribution in [1.29, 1.82) is 0 Å². The van der Waals surface area contributed by atoms with Gasteiger partial charge < -0.3 is 5.73 Å². The molecular formula is C14H14FN. The monoisotopic (exact) mass is 215 g/mol. The fourth-order valence-corrected chi connectivity index (χ4v) is 1.76. The normalized spacial score (nSPS) is 10.4. The van der Waals surface area contributed by atoms with Crippen LogP contribution in [0, 0.1) is 5.82 Å². The second-order valence-corrected chi connectivity index (χ2v) is 3.72. The van der Waals surface area contributed by atoms with Crippen LogP contribution < -0.4 is 5.73 Å². The van der Waals surface area contributed by atoms with Gasteiger partial charge in [-0.2, -0.15) is 0 Å². The quantitative estimate of drug-likeness (QED) is 0.836. The summed E-state index contributed by atoms with van der Waals surface area (Å²) in [5, 5.41) is 0. The molecule has 0 unspecified atom stereocenters. The van der Waals surface area contributed by atoms with E-state index in [0.29, 0.717) is 12.1 Å². The summed E-state index contributed by atoms with van der Waals surface area (Å²) in [6.45, 7) is 0.612. The van der Waals surface area contributed by atoms with Gasteiger partial charge in [0, 0.05) is 5.56 Å². The van der Waals surface area contributed by atoms with E-state index < -0.39 is 0 Å². The summed E-state index contributed by atoms with van der Waals surface area (Å²) in [6.07, 6.45) is 0.822. The number of hydrogen-bond donors (Lipinski definition) is 1. The van der Waals surface area contributed by atoms with E-state index >= 15 is 0 Å². The summed E-state index contributed by atoms with van der Waals surface area (Å²) in [5.41, 5.74) is 8.19. The van der Waals surface area contributed by atoms with E-state index in [4.69, 9.17) is 5.73 Å². The fourth-order valence-electron chi connectivity index (χ4n) is 1.76. The highest BCUT2D eigenvalue weighted by molar-refractivity contribution is 5.64. The number of nitrogens with two attached hydrogens (primary N) is 1. The van der Waals surface area contributed by atoms with Crippen LogP contribution in [0.4, 0.5) is 4.39 Å². The highest BCUT2D eigenvalue weighted by Gasteiger charge is 2.03. The van der Waals surface area contributed by atoms with Crippen LogP contribution in [0.15, 0.2) is 48.5 Å². The Hall–Kier alpha value is -1.67. The van der Waals surface area contributed by atoms with Crippen LogP contribution in [0.3, 0.4) is 0 Å². The molecule has 0 atom stereocenters. The van der Waals surface area contributed by atoms with Crippen molar-refractivity contribution in [3.8, 4) is 11.1 Å². The molecule has 82 valence electrons. The number of benzene rings is 2. The van der Waals surface area contributed by atoms with Crippen LogP contribution >= 0.6 is 0 Å². The molecule has 0 radical (unpaired) electrons. The zero-order valence-electron chi connectivity index (χ0n) is 8.99. The largest absolute Gasteiger partial charge is 0.330 e. The van der Waals surface area contributed by atoms with Gasteiger partial charge in [-0.15, -0.1) is 0 Å². The van der Waals surface area contributed by atoms with Crippen molar-refractivity contribution in [2.75, 3.05) is 6.54 Å². The zero-order chi connectivity index (χ0) is 11.4. The van der Waals surface area contributed by atoms with Gasteiger partial charge in [-0.3, -0.25) is 0 Å². The van der Waals surface area contributed by atoms with Crippen LogP contribution in [0.25, 0.3) is 11.1 Å². The molecule has 2 aromatic rings. The van der Waals surface area contributed by atoms with Gasteiger partial charge in [0.25, 0.3) is 0 Å². The minimum atomic E-state index is -0.188. The fraction of sp³-hybridized carbons (Fsp3) is 0.143. The standard InChI is InChI=1S/C14H14FN/c15-14-7-2-1-6-13(14)12-5-3-4-11(10-12)8-9-16/h1-7,10H,8-9,16H2. The first-order chi connectivity index (χ1) is 7.81. The van der Waals surface area contributed by atoms with Crippen molar-refractivity contribution in [2.45, 2.75) is 6.42 Å². The maximum absolute atomic E-state index is 13.6. The zero-order valence-corrected chi connectivity index (χ0v) is 8.99. The van der Waals surface area contributed by atoms with Gasteiger partial charge in [0.15, 0.2) is 0 Å². The molecule has 2 rings (SSSR count). The third-order valence-electron chi connectivity index (χ3n) is 2.54. The molecule has 0 aliphatic carbocycles. The van der Waals surface area contributed by atoms with Gasteiger partial charge in [-0.05, 0) is 30.2 Å². The van der Waals surface area contributed by atoms with Crippen LogP contribution in [0.1, 0.15) is 5.56 Å². The van der Waals surface area contributed by atoms with E-state index in [0.717, 1.165) is 17.5 Å². The predicted octanol–water partition coefficient (Wildman–Crippen LogP) is 2.99. The Morgan fingerprint density at radius 2 is 1.81 bits per heavy atom. The summed E-state index contributed by atoms with van der Waals surface area (Å²) in [4.78, 5) is 0. The first-order valence-electron chi connectivity index (χ1n) is 5.35. The Bertz CT molecular complexity index is 480. The van der Waals surface area contributed by atoms with Crippen molar-refractivity contribution in [2.24, 2.45) is 5.73 Å². The lowest BCUT2D eigenvalue weighted by atomic mass is 10.0. The Labute approximate surface area is 94.7 Å². The van der Waals surface area contributed by atoms with Gasteiger partial charge in [0.2, 0.25) is 0 Å². The van der Waals surface area contributed by atoms with Crippen LogP contribution in [-0.4, -0.2) is 6.54 Å². The number of halogens is 1. The average molecular weight is 215 g/mol. The maximum Gasteiger partial charge on any atom is 0.131 e. The molecule has 2 N–H and O–H groups in total. The minimum Gasteiger partial charge on any atom is -0.330 e. The van der Waals surface area contributed by atoms with Gasteiger partial charge >= 0.3 is 0 Å². The predicted molar refractivity (Wildman–Crippen MR) is 64.6 cm³/mol. The van der Waals surface area contributed by atoms with Crippen molar-refractivity contribution in [1.82, 2.24) is 0 Å². The van der Waals surface area contributed by atoms with Crippen LogP contribution in [-0.2, 0) is 6.42 Å². The Balaban J connectivity index is 2.40. The summed E-state index contributed by atoms with van der Waals surface area (Å²) >= 11 is 0. The summed E-state index contributed by atoms with van der Waals surface area (Å²) < 4.78 is 13.6. The molecule has 0 heterocycles. The second-order valence-electron chi connectivity index (χ2n) is 3.72. The van der Waals surface area contributed by atoms with E-state index in [1.54, 1.807) is 12.1 Å². The topological polar surface area (TPSA) is 26.0 Å². The van der Waals surface area contributed by atoms with Gasteiger partial charge in [0.05, 0.1) is 0 Å². The molecule has 0 spiro atoms. The molecule has 0 bridgehead atoms. The lowest BCUT2D eigenvalue weighted by Crippen LogP contribution is -2.02. The number of rotatable bonds is 3. The molecule has 0 fully saturated rings. The molecule has 2 heteroatoms. The van der Waals surface area contributed by atoms with Crippen molar-refractivity contribution >= 4 is 0 Å². The molecule has 0 saturated heterocycles. The van der Waals surface area contributed by atoms with E-state index in [1.807, 2.05) is 30.3 Å². The Kier molecular flexibility index (Phi) is 3.32. The molecule has 0 saturated carbocycles. The minimum absolute atomic E-state index is 0.188. The van der Waals surface area contributed by atoms with Crippen molar-refractivity contribution in [3.05, 3.63) is 59.9 Å². The Morgan fingerprint density at radius 3 is 2.56 bits per heavy atom. The molecule has 2 aromatic carbocycles. The van der Waals surface area contributed by atoms with Crippen LogP contribution in [0.5, 0.6) is 0 Å². The summed E-state index contributed by atoms with van der Waals surface area (Å²) in [6, 6.07) is 14.7.